The molecule has 0 atom stereocenters. The maximum absolute atomic E-state index is 4.36. The van der Waals surface area contributed by atoms with Gasteiger partial charge in [-0.3, -0.25) is 4.99 Å². The van der Waals surface area contributed by atoms with Crippen LogP contribution < -0.4 is 10.6 Å². The summed E-state index contributed by atoms with van der Waals surface area (Å²) >= 11 is 0. The first-order valence-corrected chi connectivity index (χ1v) is 5.33. The molecule has 0 fully saturated rings. The molecule has 1 aromatic heterocycles. The fraction of sp³-hybridized carbons (Fsp3) is 0.273. The van der Waals surface area contributed by atoms with E-state index in [0.717, 1.165) is 41.6 Å². The van der Waals surface area contributed by atoms with Crippen molar-refractivity contribution in [2.24, 2.45) is 4.99 Å². The molecule has 5 heteroatoms. The number of fused-ring (bicyclic) bond motifs is 1. The zero-order valence-electron chi connectivity index (χ0n) is 9.04. The molecule has 0 spiro atoms. The minimum Gasteiger partial charge on any atom is -0.354 e. The molecule has 2 aromatic rings. The standard InChI is InChI=1S/C11H13N5/c1-7-14-9-3-2-8(6-10(9)15-7)16-11-12-4-5-13-11/h2-3,6H,4-5H2,1H3,(H,14,15)(H2,12,13,16). The van der Waals surface area contributed by atoms with Crippen LogP contribution in [0.5, 0.6) is 0 Å². The Hall–Kier alpha value is -2.04. The lowest BCUT2D eigenvalue weighted by Crippen LogP contribution is -2.26. The zero-order chi connectivity index (χ0) is 11.0. The Morgan fingerprint density at radius 1 is 1.38 bits per heavy atom. The third-order valence-electron chi connectivity index (χ3n) is 2.54. The van der Waals surface area contributed by atoms with Gasteiger partial charge in [0, 0.05) is 12.2 Å². The summed E-state index contributed by atoms with van der Waals surface area (Å²) in [5.74, 6) is 1.78. The van der Waals surface area contributed by atoms with E-state index in [1.165, 1.54) is 0 Å². The number of hydrogen-bond acceptors (Lipinski definition) is 4. The van der Waals surface area contributed by atoms with E-state index in [2.05, 4.69) is 25.6 Å². The van der Waals surface area contributed by atoms with Crippen molar-refractivity contribution in [2.45, 2.75) is 6.92 Å². The van der Waals surface area contributed by atoms with Crippen LogP contribution in [0.1, 0.15) is 5.82 Å². The maximum atomic E-state index is 4.36. The lowest BCUT2D eigenvalue weighted by molar-refractivity contribution is 0.959. The zero-order valence-corrected chi connectivity index (χ0v) is 9.04. The van der Waals surface area contributed by atoms with E-state index in [1.807, 2.05) is 25.1 Å². The molecule has 0 saturated carbocycles. The fourth-order valence-electron chi connectivity index (χ4n) is 1.83. The number of guanidine groups is 1. The molecule has 5 nitrogen and oxygen atoms in total. The number of nitrogens with one attached hydrogen (secondary N) is 3. The van der Waals surface area contributed by atoms with Gasteiger partial charge < -0.3 is 15.6 Å². The number of aromatic amines is 1. The Bertz CT molecular complexity index is 555. The van der Waals surface area contributed by atoms with Crippen molar-refractivity contribution in [2.75, 3.05) is 18.4 Å². The number of H-pyrrole nitrogens is 1. The number of hydrogen-bond donors (Lipinski definition) is 3. The van der Waals surface area contributed by atoms with Gasteiger partial charge in [-0.1, -0.05) is 0 Å². The Morgan fingerprint density at radius 2 is 2.31 bits per heavy atom. The Labute approximate surface area is 93.0 Å². The second-order valence-corrected chi connectivity index (χ2v) is 3.84. The van der Waals surface area contributed by atoms with Crippen molar-refractivity contribution >= 4 is 22.7 Å². The summed E-state index contributed by atoms with van der Waals surface area (Å²) < 4.78 is 0. The van der Waals surface area contributed by atoms with E-state index in [0.29, 0.717) is 0 Å². The monoisotopic (exact) mass is 215 g/mol. The molecule has 16 heavy (non-hydrogen) atoms. The summed E-state index contributed by atoms with van der Waals surface area (Å²) in [5.41, 5.74) is 3.05. The number of aryl methyl sites for hydroxylation is 1. The second-order valence-electron chi connectivity index (χ2n) is 3.84. The number of anilines is 1. The van der Waals surface area contributed by atoms with Crippen LogP contribution in [0, 0.1) is 6.92 Å². The van der Waals surface area contributed by atoms with E-state index in [9.17, 15) is 0 Å². The summed E-state index contributed by atoms with van der Waals surface area (Å²) in [6.45, 7) is 3.71. The molecule has 0 unspecified atom stereocenters. The van der Waals surface area contributed by atoms with Crippen LogP contribution in [0.4, 0.5) is 5.69 Å². The summed E-state index contributed by atoms with van der Waals surface area (Å²) in [6, 6.07) is 6.04. The third-order valence-corrected chi connectivity index (χ3v) is 2.54. The molecule has 0 aliphatic carbocycles. The smallest absolute Gasteiger partial charge is 0.195 e. The Morgan fingerprint density at radius 3 is 3.12 bits per heavy atom. The highest BCUT2D eigenvalue weighted by molar-refractivity contribution is 5.96. The summed E-state index contributed by atoms with van der Waals surface area (Å²) in [6.07, 6.45) is 0. The largest absolute Gasteiger partial charge is 0.354 e. The molecule has 0 radical (unpaired) electrons. The SMILES string of the molecule is Cc1nc2ccc(NC3=NCCN3)cc2[nH]1. The van der Waals surface area contributed by atoms with Crippen molar-refractivity contribution < 1.29 is 0 Å². The highest BCUT2D eigenvalue weighted by Gasteiger charge is 2.06. The molecule has 2 heterocycles. The first kappa shape index (κ1) is 9.21. The number of benzene rings is 1. The van der Waals surface area contributed by atoms with Crippen molar-refractivity contribution in [3.05, 3.63) is 24.0 Å². The molecular formula is C11H13N5. The highest BCUT2D eigenvalue weighted by atomic mass is 15.2. The van der Waals surface area contributed by atoms with Gasteiger partial charge in [0.15, 0.2) is 5.96 Å². The van der Waals surface area contributed by atoms with E-state index < -0.39 is 0 Å². The first-order chi connectivity index (χ1) is 7.81. The van der Waals surface area contributed by atoms with Crippen LogP contribution in [-0.4, -0.2) is 29.0 Å². The molecule has 3 rings (SSSR count). The van der Waals surface area contributed by atoms with Gasteiger partial charge in [0.2, 0.25) is 0 Å². The molecular weight excluding hydrogens is 202 g/mol. The second kappa shape index (κ2) is 3.52. The molecule has 1 aliphatic rings. The molecule has 1 aliphatic heterocycles. The predicted molar refractivity (Wildman–Crippen MR) is 64.8 cm³/mol. The lowest BCUT2D eigenvalue weighted by atomic mass is 10.3. The van der Waals surface area contributed by atoms with Crippen molar-refractivity contribution in [3.63, 3.8) is 0 Å². The summed E-state index contributed by atoms with van der Waals surface area (Å²) in [5, 5.41) is 6.40. The van der Waals surface area contributed by atoms with Gasteiger partial charge in [0.1, 0.15) is 5.82 Å². The third kappa shape index (κ3) is 1.60. The quantitative estimate of drug-likeness (QED) is 0.670. The maximum Gasteiger partial charge on any atom is 0.195 e. The van der Waals surface area contributed by atoms with Gasteiger partial charge in [-0.05, 0) is 25.1 Å². The van der Waals surface area contributed by atoms with Gasteiger partial charge in [0.25, 0.3) is 0 Å². The van der Waals surface area contributed by atoms with Crippen LogP contribution in [-0.2, 0) is 0 Å². The van der Waals surface area contributed by atoms with Crippen LogP contribution in [0.2, 0.25) is 0 Å². The van der Waals surface area contributed by atoms with Crippen molar-refractivity contribution in [3.8, 4) is 0 Å². The molecule has 0 saturated heterocycles. The average molecular weight is 215 g/mol. The summed E-state index contributed by atoms with van der Waals surface area (Å²) in [4.78, 5) is 11.9. The molecule has 82 valence electrons. The minimum atomic E-state index is 0.841. The molecule has 3 N–H and O–H groups in total. The minimum absolute atomic E-state index is 0.841. The van der Waals surface area contributed by atoms with Crippen LogP contribution in [0.15, 0.2) is 23.2 Å². The molecule has 1 aromatic carbocycles. The molecule has 0 bridgehead atoms. The van der Waals surface area contributed by atoms with E-state index >= 15 is 0 Å². The normalized spacial score (nSPS) is 14.9. The van der Waals surface area contributed by atoms with Gasteiger partial charge in [-0.15, -0.1) is 0 Å². The van der Waals surface area contributed by atoms with Crippen LogP contribution in [0.25, 0.3) is 11.0 Å². The Balaban J connectivity index is 1.92. The van der Waals surface area contributed by atoms with Gasteiger partial charge >= 0.3 is 0 Å². The van der Waals surface area contributed by atoms with Gasteiger partial charge in [-0.2, -0.15) is 0 Å². The van der Waals surface area contributed by atoms with Gasteiger partial charge in [-0.25, -0.2) is 4.98 Å². The predicted octanol–water partition coefficient (Wildman–Crippen LogP) is 1.24. The van der Waals surface area contributed by atoms with E-state index in [1.54, 1.807) is 0 Å². The number of rotatable bonds is 1. The van der Waals surface area contributed by atoms with E-state index in [-0.39, 0.29) is 0 Å². The van der Waals surface area contributed by atoms with Gasteiger partial charge in [0.05, 0.1) is 17.6 Å². The van der Waals surface area contributed by atoms with Crippen molar-refractivity contribution in [1.29, 1.82) is 0 Å². The fourth-order valence-corrected chi connectivity index (χ4v) is 1.83. The first-order valence-electron chi connectivity index (χ1n) is 5.33. The number of imidazole rings is 1. The van der Waals surface area contributed by atoms with Crippen molar-refractivity contribution in [1.82, 2.24) is 15.3 Å². The van der Waals surface area contributed by atoms with Crippen LogP contribution >= 0.6 is 0 Å². The Kier molecular flexibility index (Phi) is 2.02. The van der Waals surface area contributed by atoms with E-state index in [4.69, 9.17) is 0 Å². The number of aromatic nitrogens is 2. The highest BCUT2D eigenvalue weighted by Crippen LogP contribution is 2.17. The topological polar surface area (TPSA) is 65.1 Å². The summed E-state index contributed by atoms with van der Waals surface area (Å²) in [7, 11) is 0. The average Bonchev–Trinajstić information content (AvgIpc) is 2.85. The number of nitrogens with zero attached hydrogens (tertiary/aromatic N) is 2. The van der Waals surface area contributed by atoms with Crippen LogP contribution in [0.3, 0.4) is 0 Å². The lowest BCUT2D eigenvalue weighted by Gasteiger charge is -2.05. The number of aliphatic imine (C=N–C) groups is 1. The molecule has 0 amide bonds.